The standard InChI is InChI=1S/C7H10O.C6H10O2/c1-3-4-7(2)5-8-6-7;1-6(2-3-7)4-8-5-6/h1H,4-6H2,2H3;3H,2,4-5H2,1H3. The van der Waals surface area contributed by atoms with E-state index in [-0.39, 0.29) is 5.41 Å². The number of carbonyl (C=O) groups is 1. The molecule has 0 aromatic carbocycles. The van der Waals surface area contributed by atoms with Gasteiger partial charge in [-0.25, -0.2) is 0 Å². The molecule has 0 bridgehead atoms. The van der Waals surface area contributed by atoms with Crippen molar-refractivity contribution < 1.29 is 14.3 Å². The molecular weight excluding hydrogens is 204 g/mol. The predicted molar refractivity (Wildman–Crippen MR) is 62.0 cm³/mol. The summed E-state index contributed by atoms with van der Waals surface area (Å²) < 4.78 is 9.93. The largest absolute Gasteiger partial charge is 0.380 e. The van der Waals surface area contributed by atoms with Gasteiger partial charge >= 0.3 is 0 Å². The van der Waals surface area contributed by atoms with Crippen LogP contribution in [0.5, 0.6) is 0 Å². The van der Waals surface area contributed by atoms with Crippen molar-refractivity contribution in [2.45, 2.75) is 26.7 Å². The second-order valence-corrected chi connectivity index (χ2v) is 5.36. The molecule has 0 aromatic rings. The molecule has 0 N–H and O–H groups in total. The topological polar surface area (TPSA) is 35.5 Å². The molecule has 2 heterocycles. The first-order valence-electron chi connectivity index (χ1n) is 5.56. The fraction of sp³-hybridized carbons (Fsp3) is 0.769. The van der Waals surface area contributed by atoms with Crippen molar-refractivity contribution >= 4 is 6.29 Å². The Hall–Kier alpha value is -0.850. The Kier molecular flexibility index (Phi) is 4.52. The van der Waals surface area contributed by atoms with Gasteiger partial charge in [-0.2, -0.15) is 0 Å². The van der Waals surface area contributed by atoms with E-state index in [1.54, 1.807) is 0 Å². The zero-order valence-corrected chi connectivity index (χ0v) is 10.1. The molecule has 0 spiro atoms. The zero-order valence-electron chi connectivity index (χ0n) is 10.1. The van der Waals surface area contributed by atoms with E-state index in [9.17, 15) is 4.79 Å². The van der Waals surface area contributed by atoms with Gasteiger partial charge < -0.3 is 14.3 Å². The minimum absolute atomic E-state index is 0.182. The summed E-state index contributed by atoms with van der Waals surface area (Å²) in [5, 5.41) is 0. The molecule has 2 aliphatic heterocycles. The lowest BCUT2D eigenvalue weighted by atomic mass is 9.85. The van der Waals surface area contributed by atoms with E-state index in [1.165, 1.54) is 0 Å². The molecule has 2 aliphatic rings. The van der Waals surface area contributed by atoms with Gasteiger partial charge in [-0.15, -0.1) is 12.3 Å². The van der Waals surface area contributed by atoms with Crippen molar-refractivity contribution in [1.29, 1.82) is 0 Å². The first-order valence-corrected chi connectivity index (χ1v) is 5.56. The van der Waals surface area contributed by atoms with Gasteiger partial charge in [0.25, 0.3) is 0 Å². The Balaban J connectivity index is 0.000000160. The number of carbonyl (C=O) groups excluding carboxylic acids is 1. The smallest absolute Gasteiger partial charge is 0.120 e. The van der Waals surface area contributed by atoms with Crippen LogP contribution in [0.15, 0.2) is 0 Å². The van der Waals surface area contributed by atoms with E-state index >= 15 is 0 Å². The Labute approximate surface area is 97.5 Å². The van der Waals surface area contributed by atoms with Gasteiger partial charge in [-0.3, -0.25) is 0 Å². The maximum Gasteiger partial charge on any atom is 0.120 e. The average Bonchev–Trinajstić information content (AvgIpc) is 2.15. The van der Waals surface area contributed by atoms with Crippen LogP contribution >= 0.6 is 0 Å². The lowest BCUT2D eigenvalue weighted by molar-refractivity contribution is -0.127. The van der Waals surface area contributed by atoms with Crippen molar-refractivity contribution in [2.75, 3.05) is 26.4 Å². The molecule has 3 nitrogen and oxygen atoms in total. The normalized spacial score (nSPS) is 23.8. The van der Waals surface area contributed by atoms with Crippen molar-refractivity contribution in [3.63, 3.8) is 0 Å². The molecule has 0 aromatic heterocycles. The molecule has 2 rings (SSSR count). The van der Waals surface area contributed by atoms with Crippen LogP contribution in [-0.2, 0) is 14.3 Å². The molecular formula is C13H20O3. The van der Waals surface area contributed by atoms with Crippen molar-refractivity contribution in [3.8, 4) is 12.3 Å². The third kappa shape index (κ3) is 3.62. The summed E-state index contributed by atoms with van der Waals surface area (Å²) in [6, 6.07) is 0. The molecule has 3 heteroatoms. The van der Waals surface area contributed by atoms with Gasteiger partial charge in [-0.1, -0.05) is 13.8 Å². The molecule has 0 unspecified atom stereocenters. The van der Waals surface area contributed by atoms with Gasteiger partial charge in [0, 0.05) is 23.7 Å². The van der Waals surface area contributed by atoms with E-state index in [0.717, 1.165) is 39.1 Å². The molecule has 16 heavy (non-hydrogen) atoms. The van der Waals surface area contributed by atoms with Gasteiger partial charge in [0.15, 0.2) is 0 Å². The summed E-state index contributed by atoms with van der Waals surface area (Å²) >= 11 is 0. The van der Waals surface area contributed by atoms with Crippen LogP contribution in [0.1, 0.15) is 26.7 Å². The van der Waals surface area contributed by atoms with Crippen molar-refractivity contribution in [2.24, 2.45) is 10.8 Å². The number of rotatable bonds is 3. The highest BCUT2D eigenvalue weighted by Gasteiger charge is 2.32. The third-order valence-electron chi connectivity index (χ3n) is 2.91. The van der Waals surface area contributed by atoms with Crippen LogP contribution in [0.25, 0.3) is 0 Å². The fourth-order valence-corrected chi connectivity index (χ4v) is 1.57. The van der Waals surface area contributed by atoms with Crippen molar-refractivity contribution in [1.82, 2.24) is 0 Å². The number of ether oxygens (including phenoxy) is 2. The summed E-state index contributed by atoms with van der Waals surface area (Å²) in [6.45, 7) is 7.41. The minimum atomic E-state index is 0.182. The second-order valence-electron chi connectivity index (χ2n) is 5.36. The average molecular weight is 224 g/mol. The van der Waals surface area contributed by atoms with E-state index in [1.807, 2.05) is 0 Å². The van der Waals surface area contributed by atoms with Crippen LogP contribution in [0, 0.1) is 23.2 Å². The predicted octanol–water partition coefficient (Wildman–Crippen LogP) is 1.66. The van der Waals surface area contributed by atoms with Crippen LogP contribution < -0.4 is 0 Å². The Bertz CT molecular complexity index is 269. The SMILES string of the molecule is C#CCC1(C)COC1.CC1(CC=O)COC1. The summed E-state index contributed by atoms with van der Waals surface area (Å²) in [5.74, 6) is 2.63. The van der Waals surface area contributed by atoms with Gasteiger partial charge in [0.2, 0.25) is 0 Å². The lowest BCUT2D eigenvalue weighted by Crippen LogP contribution is -2.39. The third-order valence-corrected chi connectivity index (χ3v) is 2.91. The molecule has 90 valence electrons. The first kappa shape index (κ1) is 13.2. The monoisotopic (exact) mass is 224 g/mol. The number of hydrogen-bond donors (Lipinski definition) is 0. The Morgan fingerprint density at radius 1 is 1.19 bits per heavy atom. The maximum absolute atomic E-state index is 9.96. The lowest BCUT2D eigenvalue weighted by Gasteiger charge is -2.36. The highest BCUT2D eigenvalue weighted by atomic mass is 16.5. The minimum Gasteiger partial charge on any atom is -0.380 e. The Morgan fingerprint density at radius 2 is 1.69 bits per heavy atom. The Morgan fingerprint density at radius 3 is 1.81 bits per heavy atom. The van der Waals surface area contributed by atoms with Crippen LogP contribution in [0.3, 0.4) is 0 Å². The van der Waals surface area contributed by atoms with Crippen LogP contribution in [0.4, 0.5) is 0 Å². The molecule has 0 saturated carbocycles. The summed E-state index contributed by atoms with van der Waals surface area (Å²) in [7, 11) is 0. The summed E-state index contributed by atoms with van der Waals surface area (Å²) in [5.41, 5.74) is 0.497. The van der Waals surface area contributed by atoms with Gasteiger partial charge in [-0.05, 0) is 0 Å². The molecule has 0 radical (unpaired) electrons. The van der Waals surface area contributed by atoms with E-state index < -0.39 is 0 Å². The highest BCUT2D eigenvalue weighted by molar-refractivity contribution is 5.50. The fourth-order valence-electron chi connectivity index (χ4n) is 1.57. The van der Waals surface area contributed by atoms with E-state index in [2.05, 4.69) is 19.8 Å². The first-order chi connectivity index (χ1) is 7.54. The second kappa shape index (κ2) is 5.47. The summed E-state index contributed by atoms with van der Waals surface area (Å²) in [4.78, 5) is 9.96. The quantitative estimate of drug-likeness (QED) is 0.540. The number of hydrogen-bond acceptors (Lipinski definition) is 3. The van der Waals surface area contributed by atoms with E-state index in [4.69, 9.17) is 15.9 Å². The van der Waals surface area contributed by atoms with Crippen molar-refractivity contribution in [3.05, 3.63) is 0 Å². The van der Waals surface area contributed by atoms with E-state index in [0.29, 0.717) is 11.8 Å². The van der Waals surface area contributed by atoms with Crippen LogP contribution in [-0.4, -0.2) is 32.7 Å². The molecule has 0 aliphatic carbocycles. The number of terminal acetylenes is 1. The number of aldehydes is 1. The zero-order chi connectivity index (χ0) is 12.1. The highest BCUT2D eigenvalue weighted by Crippen LogP contribution is 2.29. The van der Waals surface area contributed by atoms with Gasteiger partial charge in [0.1, 0.15) is 6.29 Å². The molecule has 2 saturated heterocycles. The summed E-state index contributed by atoms with van der Waals surface area (Å²) in [6.07, 6.45) is 7.58. The van der Waals surface area contributed by atoms with Gasteiger partial charge in [0.05, 0.1) is 26.4 Å². The van der Waals surface area contributed by atoms with Crippen LogP contribution in [0.2, 0.25) is 0 Å². The molecule has 0 amide bonds. The molecule has 0 atom stereocenters. The molecule has 2 fully saturated rings. The maximum atomic E-state index is 9.96.